The zero-order valence-corrected chi connectivity index (χ0v) is 77.5. The summed E-state index contributed by atoms with van der Waals surface area (Å²) in [4.78, 5) is 77.8. The van der Waals surface area contributed by atoms with Crippen LogP contribution in [0.25, 0.3) is 0 Å². The SMILES string of the molecule is C=C(CC)O[C@@H](C[C@H](OC)[C@@H](C)CC[C@@H](OC(=O)C(C)C)[C@H](C)[C@H](OC)[C@H](C)/C=C/N1CCC1=O)C(C)C.C=C(CC)O[C@@H](C[C@H](OC)[C@@H](C)CC[C@@H](OC(=O)C(C)C)[C@H](C)[C@H](OC)[C@H](C)/C=C/N1CCCC1=O)C(C)C.C=C(CC)O[C@@H](C[C@H](OC)[C@@H](C)CC[C@@H](OC(=O)c1ccco1)[C@H](C)[C@H](OC)[C@H](C)/C=C/N(C)C=O)C(C)C. The molecule has 22 heteroatoms. The molecule has 0 unspecified atom stereocenters. The van der Waals surface area contributed by atoms with E-state index in [1.54, 1.807) is 77.8 Å². The highest BCUT2D eigenvalue weighted by Crippen LogP contribution is 2.35. The third-order valence-electron chi connectivity index (χ3n) is 23.4. The van der Waals surface area contributed by atoms with Gasteiger partial charge in [0.05, 0.1) is 72.0 Å². The molecule has 2 aliphatic rings. The van der Waals surface area contributed by atoms with Crippen LogP contribution in [0.15, 0.2) is 96.7 Å². The Hall–Kier alpha value is -6.30. The summed E-state index contributed by atoms with van der Waals surface area (Å²) in [6, 6.07) is 3.26. The zero-order valence-electron chi connectivity index (χ0n) is 77.5. The number of carbonyl (C=O) groups is 6. The van der Waals surface area contributed by atoms with Crippen molar-refractivity contribution in [1.29, 1.82) is 0 Å². The molecule has 0 aliphatic carbocycles. The van der Waals surface area contributed by atoms with Gasteiger partial charge in [-0.05, 0) is 92.6 Å². The molecule has 21 atom stereocenters. The normalized spacial score (nSPS) is 18.8. The van der Waals surface area contributed by atoms with E-state index in [9.17, 15) is 28.8 Å². The molecule has 0 spiro atoms. The van der Waals surface area contributed by atoms with Crippen LogP contribution in [0, 0.1) is 82.9 Å². The number of ether oxygens (including phenoxy) is 12. The summed E-state index contributed by atoms with van der Waals surface area (Å²) in [6.45, 7) is 59.0. The van der Waals surface area contributed by atoms with Crippen molar-refractivity contribution < 1.29 is 90.0 Å². The van der Waals surface area contributed by atoms with Gasteiger partial charge in [-0.25, -0.2) is 4.79 Å². The second kappa shape index (κ2) is 57.8. The first-order chi connectivity index (χ1) is 54.7. The van der Waals surface area contributed by atoms with Crippen LogP contribution in [0.2, 0.25) is 0 Å². The van der Waals surface area contributed by atoms with Crippen molar-refractivity contribution in [3.05, 3.63) is 98.0 Å². The highest BCUT2D eigenvalue weighted by atomic mass is 16.6. The lowest BCUT2D eigenvalue weighted by Gasteiger charge is -2.35. The number of β-lactam (4-membered cyclic amide) rings is 1. The molecule has 1 aromatic rings. The molecule has 2 saturated heterocycles. The fourth-order valence-electron chi connectivity index (χ4n) is 14.7. The molecule has 2 fully saturated rings. The summed E-state index contributed by atoms with van der Waals surface area (Å²) in [5, 5.41) is 0. The van der Waals surface area contributed by atoms with Crippen molar-refractivity contribution in [1.82, 2.24) is 14.7 Å². The van der Waals surface area contributed by atoms with Gasteiger partial charge in [0.15, 0.2) is 0 Å². The Balaban J connectivity index is 0.000000870. The monoisotopic (exact) mass is 1640 g/mol. The van der Waals surface area contributed by atoms with Crippen molar-refractivity contribution in [2.24, 2.45) is 82.9 Å². The lowest BCUT2D eigenvalue weighted by molar-refractivity contribution is -0.160. The fourth-order valence-corrected chi connectivity index (χ4v) is 14.7. The first-order valence-corrected chi connectivity index (χ1v) is 43.4. The molecular weight excluding hydrogens is 1480 g/mol. The number of hydrogen-bond acceptors (Lipinski definition) is 19. The largest absolute Gasteiger partial charge is 0.495 e. The number of allylic oxidation sites excluding steroid dienone is 3. The fraction of sp³-hybridized carbons (Fsp3) is 0.766. The number of furan rings is 1. The molecular formula is C94H163N3O19. The maximum absolute atomic E-state index is 12.9. The number of esters is 3. The molecule has 668 valence electrons. The Morgan fingerprint density at radius 3 is 1.04 bits per heavy atom. The predicted octanol–water partition coefficient (Wildman–Crippen LogP) is 19.6. The van der Waals surface area contributed by atoms with Crippen LogP contribution in [-0.4, -0.2) is 187 Å². The molecule has 0 aromatic carbocycles. The Kier molecular flexibility index (Phi) is 53.7. The summed E-state index contributed by atoms with van der Waals surface area (Å²) >= 11 is 0. The topological polar surface area (TPSA) is 236 Å². The Labute approximate surface area is 703 Å². The van der Waals surface area contributed by atoms with Gasteiger partial charge >= 0.3 is 17.9 Å². The number of hydrogen-bond donors (Lipinski definition) is 0. The van der Waals surface area contributed by atoms with E-state index < -0.39 is 12.1 Å². The molecule has 3 heterocycles. The van der Waals surface area contributed by atoms with Gasteiger partial charge in [-0.3, -0.25) is 24.0 Å². The summed E-state index contributed by atoms with van der Waals surface area (Å²) in [7, 11) is 12.0. The van der Waals surface area contributed by atoms with Crippen LogP contribution in [0.5, 0.6) is 0 Å². The molecule has 3 rings (SSSR count). The third-order valence-corrected chi connectivity index (χ3v) is 23.4. The minimum absolute atomic E-state index is 0.00589. The Bertz CT molecular complexity index is 3040. The van der Waals surface area contributed by atoms with Gasteiger partial charge in [-0.15, -0.1) is 0 Å². The summed E-state index contributed by atoms with van der Waals surface area (Å²) in [5.41, 5.74) is 0. The third kappa shape index (κ3) is 38.8. The molecule has 116 heavy (non-hydrogen) atoms. The number of amides is 3. The minimum atomic E-state index is -0.502. The van der Waals surface area contributed by atoms with Crippen LogP contribution >= 0.6 is 0 Å². The summed E-state index contributed by atoms with van der Waals surface area (Å²) in [5.74, 6) is 3.02. The maximum atomic E-state index is 12.9. The van der Waals surface area contributed by atoms with E-state index in [0.717, 1.165) is 101 Å². The average molecular weight is 1640 g/mol. The number of rotatable bonds is 58. The van der Waals surface area contributed by atoms with Crippen molar-refractivity contribution in [2.45, 2.75) is 322 Å². The number of nitrogens with zero attached hydrogens (tertiary/aromatic N) is 3. The van der Waals surface area contributed by atoms with Gasteiger partial charge in [0.2, 0.25) is 24.0 Å². The number of carbonyl (C=O) groups excluding carboxylic acids is 6. The van der Waals surface area contributed by atoms with Crippen LogP contribution < -0.4 is 0 Å². The van der Waals surface area contributed by atoms with Crippen LogP contribution in [0.1, 0.15) is 259 Å². The highest BCUT2D eigenvalue weighted by Gasteiger charge is 2.39. The first-order valence-electron chi connectivity index (χ1n) is 43.4. The molecule has 3 amide bonds. The van der Waals surface area contributed by atoms with Gasteiger partial charge in [0, 0.05) is 168 Å². The standard InChI is InChI=1S/C32H57NO6.C31H51NO7.C31H55NO6/c1-12-25(8)38-28(21(2)3)20-29(36-10)23(6)15-16-27(39-32(35)22(4)5)26(9)31(37-11)24(7)17-19-33-18-13-14-30(33)34;1-11-24(6)38-28(21(2)3)19-29(35-9)22(4)14-15-26(39-31(34)27-13-12-18-37-27)25(7)30(36-10)23(5)16-17-32(8)20-33;1-12-24(8)37-27(20(2)3)19-28(35-10)22(6)13-14-26(38-31(34)21(4)5)25(9)30(36-11)23(7)15-17-32-18-16-29(32)33/h17,19,21-24,26-29,31H,8,12-16,18,20H2,1-7,9-11H3;12-13,16-18,20-23,25-26,28-30H,6,11,14-15,19H2,1-5,7-10H3;15,17,20-23,25-28,30H,8,12-14,16,18-19H2,1-7,9-11H3/b19-17+;17-16+;17-15+/t23-,24+,26-,27+,28-,29-,31+;22-,23+,25-,26+,28-,29-,30+;22-,23+,25-,26+,27-,28-,30+/m000/s1. The maximum Gasteiger partial charge on any atom is 0.374 e. The van der Waals surface area contributed by atoms with Crippen molar-refractivity contribution >= 4 is 36.1 Å². The van der Waals surface area contributed by atoms with Gasteiger partial charge in [0.25, 0.3) is 0 Å². The van der Waals surface area contributed by atoms with Crippen LogP contribution in [0.4, 0.5) is 0 Å². The van der Waals surface area contributed by atoms with Crippen molar-refractivity contribution in [2.75, 3.05) is 62.8 Å². The van der Waals surface area contributed by atoms with E-state index in [1.807, 2.05) is 92.9 Å². The molecule has 0 saturated carbocycles. The lowest BCUT2D eigenvalue weighted by Crippen LogP contribution is -2.40. The van der Waals surface area contributed by atoms with E-state index in [0.29, 0.717) is 49.9 Å². The van der Waals surface area contributed by atoms with Gasteiger partial charge in [-0.2, -0.15) is 0 Å². The lowest BCUT2D eigenvalue weighted by atomic mass is 9.84. The zero-order chi connectivity index (χ0) is 88.2. The summed E-state index contributed by atoms with van der Waals surface area (Å²) in [6.07, 6.45) is 23.3. The van der Waals surface area contributed by atoms with E-state index >= 15 is 0 Å². The van der Waals surface area contributed by atoms with E-state index in [4.69, 9.17) is 61.3 Å². The van der Waals surface area contributed by atoms with Gasteiger partial charge in [0.1, 0.15) is 36.6 Å². The predicted molar refractivity (Wildman–Crippen MR) is 462 cm³/mol. The number of methoxy groups -OCH3 is 6. The molecule has 1 aromatic heterocycles. The molecule has 0 radical (unpaired) electrons. The highest BCUT2D eigenvalue weighted by molar-refractivity contribution is 5.86. The number of likely N-dealkylation sites (tertiary alicyclic amines) is 2. The smallest absolute Gasteiger partial charge is 0.374 e. The first kappa shape index (κ1) is 108. The van der Waals surface area contributed by atoms with Crippen molar-refractivity contribution in [3.8, 4) is 0 Å². The van der Waals surface area contributed by atoms with E-state index in [2.05, 4.69) is 110 Å². The van der Waals surface area contributed by atoms with E-state index in [-0.39, 0.29) is 162 Å². The van der Waals surface area contributed by atoms with Gasteiger partial charge < -0.3 is 76.0 Å². The Morgan fingerprint density at radius 2 is 0.784 bits per heavy atom. The second-order valence-electron chi connectivity index (χ2n) is 34.3. The van der Waals surface area contributed by atoms with Crippen LogP contribution in [-0.2, 0) is 80.8 Å². The molecule has 0 N–H and O–H groups in total. The average Bonchev–Trinajstić information content (AvgIpc) is 1.08. The molecule has 2 aliphatic heterocycles. The molecule has 0 bridgehead atoms. The second-order valence-corrected chi connectivity index (χ2v) is 34.3. The minimum Gasteiger partial charge on any atom is -0.495 e. The Morgan fingerprint density at radius 1 is 0.448 bits per heavy atom. The van der Waals surface area contributed by atoms with E-state index in [1.165, 1.54) is 11.2 Å². The summed E-state index contributed by atoms with van der Waals surface area (Å²) < 4.78 is 77.3. The quantitative estimate of drug-likeness (QED) is 0.0194. The van der Waals surface area contributed by atoms with Crippen LogP contribution in [0.3, 0.4) is 0 Å². The van der Waals surface area contributed by atoms with Crippen molar-refractivity contribution in [3.63, 3.8) is 0 Å². The molecule has 22 nitrogen and oxygen atoms in total. The van der Waals surface area contributed by atoms with Gasteiger partial charge in [-0.1, -0.05) is 190 Å².